The van der Waals surface area contributed by atoms with Gasteiger partial charge in [0, 0.05) is 0 Å². The van der Waals surface area contributed by atoms with Crippen molar-refractivity contribution < 1.29 is 4.74 Å². The van der Waals surface area contributed by atoms with Crippen LogP contribution in [0.2, 0.25) is 0 Å². The molecule has 252 valence electrons. The number of rotatable bonds is 12. The summed E-state index contributed by atoms with van der Waals surface area (Å²) in [6.45, 7) is 16.1. The van der Waals surface area contributed by atoms with Crippen LogP contribution in [0.4, 0.5) is 0 Å². The van der Waals surface area contributed by atoms with Gasteiger partial charge in [0.05, 0.1) is 0 Å². The molecule has 0 aromatic heterocycles. The summed E-state index contributed by atoms with van der Waals surface area (Å²) in [6, 6.07) is 22.4. The fraction of sp³-hybridized carbons (Fsp3) is 0.674. The van der Waals surface area contributed by atoms with E-state index in [9.17, 15) is 0 Å². The van der Waals surface area contributed by atoms with Gasteiger partial charge in [-0.15, -0.1) is 0 Å². The van der Waals surface area contributed by atoms with Crippen molar-refractivity contribution >= 4 is 31.2 Å². The zero-order valence-corrected chi connectivity index (χ0v) is 32.5. The van der Waals surface area contributed by atoms with Crippen LogP contribution in [0.3, 0.4) is 0 Å². The number of allylic oxidation sites excluding steroid dienone is 1. The van der Waals surface area contributed by atoms with Crippen LogP contribution in [0, 0.1) is 46.3 Å². The van der Waals surface area contributed by atoms with Crippen LogP contribution in [0.1, 0.15) is 119 Å². The van der Waals surface area contributed by atoms with Gasteiger partial charge in [-0.1, -0.05) is 47.0 Å². The van der Waals surface area contributed by atoms with E-state index in [4.69, 9.17) is 4.74 Å². The molecule has 1 nitrogen and oxygen atoms in total. The van der Waals surface area contributed by atoms with E-state index in [0.29, 0.717) is 22.6 Å². The standard InChI is InChI=1S/C43H63OPSe/c1-31(2)14-13-15-32(3)39-22-23-40-38-21-20-34-30-35(24-27-42(34,5)41(38)25-28-43(39,40)6)44-29-26-33(4)45(46,36-16-9-7-10-17-36)37-18-11-8-12-19-37/h7-12,16-20,31-33,35,38-41H,13-15,21-30H2,1-6H3/t32-,33?,35+,38+,39-,40+,41+,42+,43-/m1/s1. The second kappa shape index (κ2) is 14.5. The minimum Gasteiger partial charge on any atom is -0.0591 e. The van der Waals surface area contributed by atoms with Crippen molar-refractivity contribution in [3.8, 4) is 0 Å². The topological polar surface area (TPSA) is 9.23 Å². The fourth-order valence-corrected chi connectivity index (χ4v) is 16.5. The van der Waals surface area contributed by atoms with Gasteiger partial charge in [0.25, 0.3) is 0 Å². The molecule has 3 heteroatoms. The smallest absolute Gasteiger partial charge is 0.0591 e. The molecule has 2 aromatic rings. The van der Waals surface area contributed by atoms with Crippen molar-refractivity contribution in [2.75, 3.05) is 6.61 Å². The fourth-order valence-electron chi connectivity index (χ4n) is 11.3. The quantitative estimate of drug-likeness (QED) is 0.121. The molecule has 0 saturated heterocycles. The third-order valence-electron chi connectivity index (χ3n) is 14.0. The normalized spacial score (nSPS) is 33.9. The third kappa shape index (κ3) is 6.66. The van der Waals surface area contributed by atoms with Crippen LogP contribution < -0.4 is 10.6 Å². The number of benzene rings is 2. The van der Waals surface area contributed by atoms with E-state index in [0.717, 1.165) is 48.5 Å². The van der Waals surface area contributed by atoms with E-state index in [-0.39, 0.29) is 0 Å². The van der Waals surface area contributed by atoms with Gasteiger partial charge in [-0.2, -0.15) is 0 Å². The molecule has 0 aliphatic heterocycles. The minimum atomic E-state index is -1.64. The first-order chi connectivity index (χ1) is 22.1. The summed E-state index contributed by atoms with van der Waals surface area (Å²) in [5, 5.41) is 2.92. The van der Waals surface area contributed by atoms with E-state index in [1.54, 1.807) is 5.57 Å². The number of hydrogen-bond acceptors (Lipinski definition) is 1. The van der Waals surface area contributed by atoms with Crippen LogP contribution in [0.5, 0.6) is 0 Å². The summed E-state index contributed by atoms with van der Waals surface area (Å²) >= 11 is 3.77. The molecular weight excluding hydrogens is 642 g/mol. The van der Waals surface area contributed by atoms with Gasteiger partial charge in [-0.05, 0) is 36.0 Å². The molecule has 6 rings (SSSR count). The average Bonchev–Trinajstić information content (AvgIpc) is 3.42. The first kappa shape index (κ1) is 34.9. The minimum absolute atomic E-state index is 0.390. The van der Waals surface area contributed by atoms with E-state index >= 15 is 0 Å². The Bertz CT molecular complexity index is 1320. The summed E-state index contributed by atoms with van der Waals surface area (Å²) in [7, 11) is 0. The number of hydrogen-bond donors (Lipinski definition) is 0. The Hall–Kier alpha value is -0.911. The predicted molar refractivity (Wildman–Crippen MR) is 202 cm³/mol. The van der Waals surface area contributed by atoms with Gasteiger partial charge in [-0.25, -0.2) is 0 Å². The molecule has 0 heterocycles. The number of fused-ring (bicyclic) bond motifs is 5. The summed E-state index contributed by atoms with van der Waals surface area (Å²) in [4.78, 5) is 0. The summed E-state index contributed by atoms with van der Waals surface area (Å²) in [5.41, 5.74) is 1.63. The molecule has 0 N–H and O–H groups in total. The maximum absolute atomic E-state index is 6.79. The van der Waals surface area contributed by atoms with Crippen molar-refractivity contribution in [2.45, 2.75) is 130 Å². The summed E-state index contributed by atoms with van der Waals surface area (Å²) in [5.74, 6) is 5.42. The predicted octanol–water partition coefficient (Wildman–Crippen LogP) is 10.9. The van der Waals surface area contributed by atoms with E-state index < -0.39 is 5.51 Å². The van der Waals surface area contributed by atoms with Crippen molar-refractivity contribution in [2.24, 2.45) is 46.3 Å². The van der Waals surface area contributed by atoms with Crippen LogP contribution in [0.25, 0.3) is 0 Å². The van der Waals surface area contributed by atoms with Gasteiger partial charge < -0.3 is 0 Å². The molecule has 0 amide bonds. The monoisotopic (exact) mass is 706 g/mol. The second-order valence-corrected chi connectivity index (χ2v) is 23.8. The summed E-state index contributed by atoms with van der Waals surface area (Å²) < 4.78 is 6.79. The maximum atomic E-state index is 6.79. The van der Waals surface area contributed by atoms with Crippen LogP contribution in [-0.4, -0.2) is 33.5 Å². The van der Waals surface area contributed by atoms with E-state index in [1.807, 2.05) is 0 Å². The van der Waals surface area contributed by atoms with Crippen LogP contribution in [-0.2, 0) is 4.74 Å². The zero-order valence-electron chi connectivity index (χ0n) is 29.9. The van der Waals surface area contributed by atoms with Crippen molar-refractivity contribution in [3.63, 3.8) is 0 Å². The first-order valence-electron chi connectivity index (χ1n) is 19.1. The molecule has 4 aliphatic rings. The van der Waals surface area contributed by atoms with Gasteiger partial charge in [0.15, 0.2) is 0 Å². The third-order valence-corrected chi connectivity index (χ3v) is 22.6. The van der Waals surface area contributed by atoms with Gasteiger partial charge in [0.1, 0.15) is 0 Å². The van der Waals surface area contributed by atoms with Crippen molar-refractivity contribution in [3.05, 3.63) is 72.3 Å². The molecule has 46 heavy (non-hydrogen) atoms. The van der Waals surface area contributed by atoms with Crippen LogP contribution >= 0.6 is 5.51 Å². The summed E-state index contributed by atoms with van der Waals surface area (Å²) in [6.07, 6.45) is 19.5. The van der Waals surface area contributed by atoms with Gasteiger partial charge in [-0.3, -0.25) is 0 Å². The first-order valence-corrected chi connectivity index (χ1v) is 23.2. The van der Waals surface area contributed by atoms with Crippen molar-refractivity contribution in [1.29, 1.82) is 0 Å². The average molecular weight is 706 g/mol. The Morgan fingerprint density at radius 1 is 0.804 bits per heavy atom. The van der Waals surface area contributed by atoms with E-state index in [2.05, 4.69) is 123 Å². The Balaban J connectivity index is 1.07. The van der Waals surface area contributed by atoms with Crippen molar-refractivity contribution in [1.82, 2.24) is 0 Å². The molecule has 4 aliphatic carbocycles. The molecule has 1 unspecified atom stereocenters. The number of ether oxygens (including phenoxy) is 1. The Morgan fingerprint density at radius 3 is 2.13 bits per heavy atom. The van der Waals surface area contributed by atoms with Gasteiger partial charge in [0.2, 0.25) is 0 Å². The molecule has 0 bridgehead atoms. The Labute approximate surface area is 290 Å². The Morgan fingerprint density at radius 2 is 1.48 bits per heavy atom. The molecule has 3 saturated carbocycles. The second-order valence-electron chi connectivity index (χ2n) is 17.0. The molecule has 2 aromatic carbocycles. The molecular formula is C43H63OPSe. The Kier molecular flexibility index (Phi) is 11.0. The molecule has 3 fully saturated rings. The zero-order chi connectivity index (χ0) is 32.5. The molecule has 9 atom stereocenters. The SMILES string of the molecule is CC(C)CCC[C@@H](C)[C@H]1CC[C@H]2[C@@H]3CC=C4C[C@@H](OCCC(C)P(=[Se])(c5ccccc5)c5ccccc5)CC[C@]4(C)[C@H]3CC[C@]12C. The molecule has 0 radical (unpaired) electrons. The van der Waals surface area contributed by atoms with Crippen LogP contribution in [0.15, 0.2) is 72.3 Å². The van der Waals surface area contributed by atoms with E-state index in [1.165, 1.54) is 81.2 Å². The van der Waals surface area contributed by atoms with Gasteiger partial charge >= 0.3 is 209 Å². The molecule has 0 spiro atoms.